The first kappa shape index (κ1) is 12.7. The molecule has 90 valence electrons. The third-order valence-electron chi connectivity index (χ3n) is 2.22. The first-order chi connectivity index (χ1) is 7.77. The normalized spacial score (nSPS) is 10.4. The van der Waals surface area contributed by atoms with Crippen molar-refractivity contribution in [1.82, 2.24) is 4.98 Å². The number of ether oxygens (including phenoxy) is 2. The molecule has 0 aliphatic heterocycles. The Morgan fingerprint density at radius 2 is 1.88 bits per heavy atom. The summed E-state index contributed by atoms with van der Waals surface area (Å²) in [6, 6.07) is 3.62. The lowest BCUT2D eigenvalue weighted by molar-refractivity contribution is 0.190. The molecule has 0 amide bonds. The average molecular weight is 225 g/mol. The molecule has 0 fully saturated rings. The van der Waals surface area contributed by atoms with Crippen molar-refractivity contribution in [3.63, 3.8) is 0 Å². The van der Waals surface area contributed by atoms with E-state index in [1.165, 1.54) is 0 Å². The highest BCUT2D eigenvalue weighted by atomic mass is 16.5. The smallest absolute Gasteiger partial charge is 0.130 e. The Balaban J connectivity index is 2.66. The van der Waals surface area contributed by atoms with E-state index in [-0.39, 0.29) is 0 Å². The monoisotopic (exact) mass is 225 g/mol. The fraction of sp³-hybridized carbons (Fsp3) is 0.545. The highest BCUT2D eigenvalue weighted by Gasteiger charge is 2.07. The molecule has 0 saturated heterocycles. The van der Waals surface area contributed by atoms with Crippen LogP contribution in [-0.4, -0.2) is 45.5 Å². The second kappa shape index (κ2) is 7.03. The highest BCUT2D eigenvalue weighted by Crippen LogP contribution is 2.13. The van der Waals surface area contributed by atoms with Crippen molar-refractivity contribution >= 4 is 11.5 Å². The van der Waals surface area contributed by atoms with Crippen molar-refractivity contribution in [3.8, 4) is 0 Å². The number of methoxy groups -OCH3 is 2. The van der Waals surface area contributed by atoms with Gasteiger partial charge < -0.3 is 20.1 Å². The molecule has 0 saturated carbocycles. The molecule has 0 unspecified atom stereocenters. The molecule has 0 spiro atoms. The molecule has 1 aromatic heterocycles. The van der Waals surface area contributed by atoms with Gasteiger partial charge in [-0.3, -0.25) is 0 Å². The Morgan fingerprint density at radius 3 is 2.38 bits per heavy atom. The maximum Gasteiger partial charge on any atom is 0.130 e. The topological polar surface area (TPSA) is 60.6 Å². The zero-order valence-electron chi connectivity index (χ0n) is 9.85. The predicted molar refractivity (Wildman–Crippen MR) is 64.6 cm³/mol. The Labute approximate surface area is 96.2 Å². The summed E-state index contributed by atoms with van der Waals surface area (Å²) in [5.41, 5.74) is 6.44. The van der Waals surface area contributed by atoms with Crippen LogP contribution in [-0.2, 0) is 9.47 Å². The summed E-state index contributed by atoms with van der Waals surface area (Å²) >= 11 is 0. The van der Waals surface area contributed by atoms with Crippen molar-refractivity contribution in [2.24, 2.45) is 0 Å². The van der Waals surface area contributed by atoms with Gasteiger partial charge in [-0.05, 0) is 6.07 Å². The van der Waals surface area contributed by atoms with Crippen molar-refractivity contribution in [2.75, 3.05) is 51.2 Å². The van der Waals surface area contributed by atoms with Gasteiger partial charge in [0, 0.05) is 45.3 Å². The molecule has 0 bridgehead atoms. The summed E-state index contributed by atoms with van der Waals surface area (Å²) in [4.78, 5) is 6.37. The molecule has 0 aliphatic rings. The summed E-state index contributed by atoms with van der Waals surface area (Å²) in [5.74, 6) is 0.856. The van der Waals surface area contributed by atoms with E-state index in [9.17, 15) is 0 Å². The number of nitrogens with two attached hydrogens (primary N) is 1. The lowest BCUT2D eigenvalue weighted by Gasteiger charge is -2.23. The Hall–Kier alpha value is -1.33. The van der Waals surface area contributed by atoms with Crippen LogP contribution in [0.15, 0.2) is 18.3 Å². The van der Waals surface area contributed by atoms with Gasteiger partial charge in [0.05, 0.1) is 13.2 Å². The summed E-state index contributed by atoms with van der Waals surface area (Å²) in [6.45, 7) is 2.85. The van der Waals surface area contributed by atoms with Gasteiger partial charge in [0.15, 0.2) is 0 Å². The Bertz CT molecular complexity index is 299. The average Bonchev–Trinajstić information content (AvgIpc) is 2.29. The summed E-state index contributed by atoms with van der Waals surface area (Å²) < 4.78 is 10.1. The Morgan fingerprint density at radius 1 is 1.25 bits per heavy atom. The van der Waals surface area contributed by atoms with E-state index in [1.54, 1.807) is 26.5 Å². The molecule has 1 aromatic rings. The second-order valence-corrected chi connectivity index (χ2v) is 3.42. The van der Waals surface area contributed by atoms with Gasteiger partial charge >= 0.3 is 0 Å². The van der Waals surface area contributed by atoms with Crippen LogP contribution in [0.1, 0.15) is 0 Å². The van der Waals surface area contributed by atoms with Crippen LogP contribution in [0.25, 0.3) is 0 Å². The zero-order valence-corrected chi connectivity index (χ0v) is 9.85. The number of hydrogen-bond donors (Lipinski definition) is 1. The molecule has 1 rings (SSSR count). The van der Waals surface area contributed by atoms with Crippen LogP contribution in [0.3, 0.4) is 0 Å². The molecule has 16 heavy (non-hydrogen) atoms. The molecule has 0 aromatic carbocycles. The van der Waals surface area contributed by atoms with Gasteiger partial charge in [-0.2, -0.15) is 0 Å². The van der Waals surface area contributed by atoms with Gasteiger partial charge in [-0.15, -0.1) is 0 Å². The molecule has 0 radical (unpaired) electrons. The highest BCUT2D eigenvalue weighted by molar-refractivity contribution is 5.50. The van der Waals surface area contributed by atoms with Gasteiger partial charge in [-0.1, -0.05) is 0 Å². The zero-order chi connectivity index (χ0) is 11.8. The minimum absolute atomic E-state index is 0.653. The van der Waals surface area contributed by atoms with Crippen LogP contribution in [0, 0.1) is 0 Å². The van der Waals surface area contributed by atoms with Gasteiger partial charge in [0.1, 0.15) is 5.82 Å². The molecule has 1 heterocycles. The number of rotatable bonds is 7. The number of hydrogen-bond acceptors (Lipinski definition) is 5. The lowest BCUT2D eigenvalue weighted by Crippen LogP contribution is -2.31. The Kier molecular flexibility index (Phi) is 5.60. The molecule has 0 atom stereocenters. The fourth-order valence-electron chi connectivity index (χ4n) is 1.35. The number of aromatic nitrogens is 1. The number of anilines is 2. The third kappa shape index (κ3) is 4.04. The maximum atomic E-state index is 5.72. The van der Waals surface area contributed by atoms with Crippen LogP contribution in [0.4, 0.5) is 11.5 Å². The number of nitrogens with zero attached hydrogens (tertiary/aromatic N) is 2. The minimum atomic E-state index is 0.653. The van der Waals surface area contributed by atoms with Gasteiger partial charge in [0.25, 0.3) is 0 Å². The quantitative estimate of drug-likeness (QED) is 0.742. The second-order valence-electron chi connectivity index (χ2n) is 3.42. The van der Waals surface area contributed by atoms with Gasteiger partial charge in [-0.25, -0.2) is 4.98 Å². The van der Waals surface area contributed by atoms with Crippen LogP contribution in [0.5, 0.6) is 0 Å². The predicted octanol–water partition coefficient (Wildman–Crippen LogP) is 0.763. The molecule has 5 heteroatoms. The summed E-state index contributed by atoms with van der Waals surface area (Å²) in [7, 11) is 3.36. The first-order valence-electron chi connectivity index (χ1n) is 5.22. The maximum absolute atomic E-state index is 5.72. The molecular formula is C11H19N3O2. The van der Waals surface area contributed by atoms with Gasteiger partial charge in [0.2, 0.25) is 0 Å². The van der Waals surface area contributed by atoms with Crippen LogP contribution in [0.2, 0.25) is 0 Å². The lowest BCUT2D eigenvalue weighted by atomic mass is 10.3. The van der Waals surface area contributed by atoms with E-state index in [1.807, 2.05) is 6.07 Å². The first-order valence-corrected chi connectivity index (χ1v) is 5.22. The fourth-order valence-corrected chi connectivity index (χ4v) is 1.35. The largest absolute Gasteiger partial charge is 0.399 e. The van der Waals surface area contributed by atoms with Crippen molar-refractivity contribution < 1.29 is 9.47 Å². The van der Waals surface area contributed by atoms with Crippen LogP contribution < -0.4 is 10.6 Å². The number of pyridine rings is 1. The van der Waals surface area contributed by atoms with E-state index in [4.69, 9.17) is 15.2 Å². The van der Waals surface area contributed by atoms with Crippen molar-refractivity contribution in [2.45, 2.75) is 0 Å². The third-order valence-corrected chi connectivity index (χ3v) is 2.22. The summed E-state index contributed by atoms with van der Waals surface area (Å²) in [5, 5.41) is 0. The summed E-state index contributed by atoms with van der Waals surface area (Å²) in [6.07, 6.45) is 1.71. The van der Waals surface area contributed by atoms with Crippen molar-refractivity contribution in [3.05, 3.63) is 18.3 Å². The molecule has 5 nitrogen and oxygen atoms in total. The van der Waals surface area contributed by atoms with E-state index < -0.39 is 0 Å². The molecule has 0 aliphatic carbocycles. The minimum Gasteiger partial charge on any atom is -0.399 e. The standard InChI is InChI=1S/C11H19N3O2/c1-15-7-5-14(6-8-16-2)11-9-10(12)3-4-13-11/h3-4,9H,5-8H2,1-2H3,(H2,12,13). The number of nitrogen functional groups attached to an aromatic ring is 1. The molecule has 2 N–H and O–H groups in total. The van der Waals surface area contributed by atoms with Crippen molar-refractivity contribution in [1.29, 1.82) is 0 Å². The van der Waals surface area contributed by atoms with E-state index in [0.717, 1.165) is 18.9 Å². The van der Waals surface area contributed by atoms with E-state index >= 15 is 0 Å². The van der Waals surface area contributed by atoms with Crippen LogP contribution >= 0.6 is 0 Å². The molecular weight excluding hydrogens is 206 g/mol. The van der Waals surface area contributed by atoms with E-state index in [0.29, 0.717) is 18.9 Å². The van der Waals surface area contributed by atoms with E-state index in [2.05, 4.69) is 9.88 Å². The SMILES string of the molecule is COCCN(CCOC)c1cc(N)ccn1.